The van der Waals surface area contributed by atoms with Gasteiger partial charge in [0, 0.05) is 82.8 Å². The molecule has 604 valence electrons. The largest absolute Gasteiger partial charge is 0.459 e. The number of amides is 1. The van der Waals surface area contributed by atoms with E-state index in [9.17, 15) is 69.9 Å². The second kappa shape index (κ2) is 35.5. The second-order valence-corrected chi connectivity index (χ2v) is 33.1. The number of Topliss-reactive ketones (excluding diaryl/α,β-unsaturated/α-hetero) is 2. The molecule has 6 fully saturated rings. The minimum absolute atomic E-state index is 0.00271. The molecule has 6 rings (SSSR count). The van der Waals surface area contributed by atoms with Crippen LogP contribution in [-0.2, 0) is 85.6 Å². The number of carbonyl (C=O) groups excluding carboxylic acids is 5. The summed E-state index contributed by atoms with van der Waals surface area (Å²) < 4.78 is 83.2. The van der Waals surface area contributed by atoms with Gasteiger partial charge in [-0.05, 0) is 129 Å². The van der Waals surface area contributed by atoms with Crippen molar-refractivity contribution in [3.8, 4) is 0 Å². The molecule has 0 bridgehead atoms. The Morgan fingerprint density at radius 3 is 1.24 bits per heavy atom. The van der Waals surface area contributed by atoms with Crippen molar-refractivity contribution >= 4 is 29.4 Å². The average Bonchev–Trinajstić information content (AvgIpc) is 0.780. The lowest BCUT2D eigenvalue weighted by Crippen LogP contribution is -2.63. The van der Waals surface area contributed by atoms with Crippen molar-refractivity contribution in [2.45, 2.75) is 358 Å². The number of hydrogen-bond donors (Lipinski definition) is 9. The number of likely N-dealkylation sites (N-methyl/N-ethyl adjacent to an activating group) is 2. The Balaban J connectivity index is 1.33. The van der Waals surface area contributed by atoms with E-state index in [0.29, 0.717) is 0 Å². The normalized spacial score (nSPS) is 49.1. The lowest BCUT2D eigenvalue weighted by Gasteiger charge is -2.50. The zero-order valence-corrected chi connectivity index (χ0v) is 66.5. The number of ketones is 2. The van der Waals surface area contributed by atoms with Gasteiger partial charge in [-0.1, -0.05) is 55.4 Å². The van der Waals surface area contributed by atoms with E-state index in [1.54, 1.807) is 109 Å². The fraction of sp³-hybridized carbons (Fsp3) is 0.933. The molecule has 1 amide bonds. The molecule has 0 aromatic heterocycles. The summed E-state index contributed by atoms with van der Waals surface area (Å²) in [6, 6.07) is -1.88. The predicted octanol–water partition coefficient (Wildman–Crippen LogP) is 3.51. The van der Waals surface area contributed by atoms with Crippen molar-refractivity contribution < 1.29 is 132 Å². The number of cyclic esters (lactones) is 2. The van der Waals surface area contributed by atoms with Crippen LogP contribution in [-0.4, -0.2) is 296 Å². The van der Waals surface area contributed by atoms with Crippen LogP contribution in [0.25, 0.3) is 0 Å². The molecule has 0 aromatic rings. The summed E-state index contributed by atoms with van der Waals surface area (Å²) >= 11 is 0. The van der Waals surface area contributed by atoms with E-state index in [0.717, 1.165) is 0 Å². The molecule has 6 aliphatic heterocycles. The number of esters is 2. The van der Waals surface area contributed by atoms with Gasteiger partial charge in [-0.2, -0.15) is 0 Å². The first-order valence-corrected chi connectivity index (χ1v) is 37.6. The molecule has 0 aliphatic carbocycles. The Kier molecular flexibility index (Phi) is 30.7. The van der Waals surface area contributed by atoms with Gasteiger partial charge in [0.15, 0.2) is 25.2 Å². The van der Waals surface area contributed by atoms with Gasteiger partial charge in [0.05, 0.1) is 108 Å². The number of ether oxygens (including phenoxy) is 13. The highest BCUT2D eigenvalue weighted by Crippen LogP contribution is 2.45. The Labute approximate surface area is 616 Å². The standard InChI is InChI=1S/C75H132N2O27/c1-26-49-74(19,90)60(83)39(7)54(79)35(3)30-70(15,89)64(41(9)58(43(11)66(87)99-49)101-52-32-71(16,92-23)62(85)45(13)97-52)103-69-57(82)48(29-38(6)96-69)77(22)51(78)34-76(21)47-28-37(5)95-68(56(47)81)104-65-42(10)59(102-53-33-72(17,93-24)63(86)46(14)98-53)44(12)67(88)100-50(27-2)75(20,91)61(84)40(8)55(80)36(4)31-73(65,18)94-25/h35-50,52-53,56-65,68-69,81-86,89-91H,26-34H2,1-25H3/t35-,36-,37?,38?,39+,40+,41+,42+,43-,44-,45?,46?,47?,48?,49-,50-,52?,53?,56?,57?,58+,59+,60-,61-,62?,63?,64-,65-,68?,69?,70+,71?,72?,73+,74-,75-/m1/s1. The molecule has 29 heteroatoms. The van der Waals surface area contributed by atoms with Gasteiger partial charge in [0.1, 0.15) is 59.4 Å². The maximum Gasteiger partial charge on any atom is 0.311 e. The lowest BCUT2D eigenvalue weighted by molar-refractivity contribution is -0.320. The molecule has 36 atom stereocenters. The van der Waals surface area contributed by atoms with Crippen LogP contribution >= 0.6 is 0 Å². The molecule has 0 saturated carbocycles. The summed E-state index contributed by atoms with van der Waals surface area (Å²) in [7, 11) is 7.47. The molecule has 0 aromatic carbocycles. The van der Waals surface area contributed by atoms with Crippen molar-refractivity contribution in [2.75, 3.05) is 42.0 Å². The highest BCUT2D eigenvalue weighted by molar-refractivity contribution is 5.84. The van der Waals surface area contributed by atoms with Crippen molar-refractivity contribution in [2.24, 2.45) is 47.3 Å². The van der Waals surface area contributed by atoms with Crippen molar-refractivity contribution in [1.29, 1.82) is 0 Å². The summed E-state index contributed by atoms with van der Waals surface area (Å²) in [5, 5.41) is 108. The summed E-state index contributed by atoms with van der Waals surface area (Å²) in [4.78, 5) is 76.3. The molecule has 29 nitrogen and oxygen atoms in total. The van der Waals surface area contributed by atoms with Crippen molar-refractivity contribution in [3.63, 3.8) is 0 Å². The third-order valence-electron chi connectivity index (χ3n) is 24.6. The van der Waals surface area contributed by atoms with Crippen molar-refractivity contribution in [3.05, 3.63) is 0 Å². The molecule has 6 saturated heterocycles. The quantitative estimate of drug-likeness (QED) is 0.0941. The van der Waals surface area contributed by atoms with Gasteiger partial charge in [0.2, 0.25) is 5.91 Å². The van der Waals surface area contributed by atoms with Crippen LogP contribution in [0.3, 0.4) is 0 Å². The molecular weight excluding hydrogens is 1360 g/mol. The zero-order chi connectivity index (χ0) is 78.9. The van der Waals surface area contributed by atoms with E-state index in [4.69, 9.17) is 61.6 Å². The lowest BCUT2D eigenvalue weighted by atomic mass is 9.74. The predicted molar refractivity (Wildman–Crippen MR) is 375 cm³/mol. The number of methoxy groups -OCH3 is 3. The SMILES string of the molecule is CC[C@H]1OC(=O)[C@H](C)[C@@H](OC2CC(C)(OC)C(O)C(C)O2)[C@H](C)[C@@H](OC2OC(C)CC(N(C)C(=O)CN(C)C3CC(C)OC(O[C@@H]4[C@@H](C)[C@H](OC5CC(C)(OC)C(O)C(C)O5)[C@@H](C)C(=O)O[C@H](CC)[C@@](C)(O)[C@H](O)[C@@H](C)C(=O)[C@H](C)C[C@]4(C)OC)C3O)C2O)[C@@](C)(O)C[C@@H](C)C(=O)[C@H](C)[C@@H](O)[C@]1(C)O. The molecule has 0 spiro atoms. The Bertz CT molecular complexity index is 2840. The summed E-state index contributed by atoms with van der Waals surface area (Å²) in [5.41, 5.74) is -10.1. The molecular formula is C75H132N2O27. The van der Waals surface area contributed by atoms with Crippen LogP contribution < -0.4 is 0 Å². The summed E-state index contributed by atoms with van der Waals surface area (Å²) in [6.07, 6.45) is -24.9. The number of aliphatic hydroxyl groups excluding tert-OH is 6. The van der Waals surface area contributed by atoms with Crippen LogP contribution in [0.4, 0.5) is 0 Å². The minimum Gasteiger partial charge on any atom is -0.459 e. The van der Waals surface area contributed by atoms with Crippen LogP contribution in [0.15, 0.2) is 0 Å². The van der Waals surface area contributed by atoms with E-state index in [1.165, 1.54) is 74.8 Å². The fourth-order valence-electron chi connectivity index (χ4n) is 17.4. The maximum atomic E-state index is 15.0. The van der Waals surface area contributed by atoms with Gasteiger partial charge in [0.25, 0.3) is 0 Å². The third-order valence-corrected chi connectivity index (χ3v) is 24.6. The highest BCUT2D eigenvalue weighted by Gasteiger charge is 2.58. The van der Waals surface area contributed by atoms with Gasteiger partial charge in [-0.15, -0.1) is 0 Å². The fourth-order valence-corrected chi connectivity index (χ4v) is 17.4. The van der Waals surface area contributed by atoms with Crippen LogP contribution in [0.5, 0.6) is 0 Å². The average molecular weight is 1490 g/mol. The van der Waals surface area contributed by atoms with Crippen LogP contribution in [0.2, 0.25) is 0 Å². The molecule has 104 heavy (non-hydrogen) atoms. The van der Waals surface area contributed by atoms with E-state index >= 15 is 0 Å². The van der Waals surface area contributed by atoms with E-state index in [2.05, 4.69) is 0 Å². The number of nitrogens with zero attached hydrogens (tertiary/aromatic N) is 2. The molecule has 6 aliphatic rings. The summed E-state index contributed by atoms with van der Waals surface area (Å²) in [5.74, 6) is -11.9. The number of aliphatic hydroxyl groups is 9. The zero-order valence-electron chi connectivity index (χ0n) is 66.5. The van der Waals surface area contributed by atoms with E-state index in [-0.39, 0.29) is 57.9 Å². The minimum atomic E-state index is -2.12. The maximum absolute atomic E-state index is 15.0. The Morgan fingerprint density at radius 2 is 0.846 bits per heavy atom. The van der Waals surface area contributed by atoms with Crippen LogP contribution in [0, 0.1) is 47.3 Å². The van der Waals surface area contributed by atoms with Crippen molar-refractivity contribution in [1.82, 2.24) is 9.80 Å². The molecule has 0 radical (unpaired) electrons. The molecule has 6 heterocycles. The first-order chi connectivity index (χ1) is 48.0. The molecule has 9 N–H and O–H groups in total. The van der Waals surface area contributed by atoms with E-state index in [1.807, 2.05) is 0 Å². The number of rotatable bonds is 17. The van der Waals surface area contributed by atoms with Crippen LogP contribution in [0.1, 0.15) is 190 Å². The van der Waals surface area contributed by atoms with Gasteiger partial charge in [-0.3, -0.25) is 28.9 Å². The summed E-state index contributed by atoms with van der Waals surface area (Å²) in [6.45, 7) is 31.6. The Morgan fingerprint density at radius 1 is 0.481 bits per heavy atom. The topological polar surface area (TPSA) is 394 Å². The highest BCUT2D eigenvalue weighted by atomic mass is 16.7. The number of carbonyl (C=O) groups is 5. The number of hydrogen-bond acceptors (Lipinski definition) is 28. The first kappa shape index (κ1) is 89.8. The molecule has 16 unspecified atom stereocenters. The van der Waals surface area contributed by atoms with Gasteiger partial charge >= 0.3 is 11.9 Å². The smallest absolute Gasteiger partial charge is 0.311 e. The van der Waals surface area contributed by atoms with Gasteiger partial charge in [-0.25, -0.2) is 0 Å². The van der Waals surface area contributed by atoms with Gasteiger partial charge < -0.3 is 112 Å². The second-order valence-electron chi connectivity index (χ2n) is 33.1. The first-order valence-electron chi connectivity index (χ1n) is 37.6. The monoisotopic (exact) mass is 1490 g/mol. The Hall–Kier alpha value is -3.09. The van der Waals surface area contributed by atoms with E-state index < -0.39 is 245 Å². The third kappa shape index (κ3) is 19.3.